The molecule has 0 heterocycles. The number of hydrogen-bond donors (Lipinski definition) is 0. The number of rotatable bonds is 12. The molecule has 0 aliphatic rings. The Hall–Kier alpha value is -1.50. The zero-order chi connectivity index (χ0) is 17.5. The van der Waals surface area contributed by atoms with Crippen molar-refractivity contribution in [3.05, 3.63) is 0 Å². The van der Waals surface area contributed by atoms with Crippen molar-refractivity contribution in [3.63, 3.8) is 0 Å². The van der Waals surface area contributed by atoms with E-state index in [2.05, 4.69) is 34.4 Å². The molecule has 11 nitrogen and oxygen atoms in total. The first-order valence-electron chi connectivity index (χ1n) is 6.73. The standard InChI is InChI=1S/C12H22O11/c1-9(15-3)5-7-17-22-20-11(13)19-12(14)21-23-18-8-6-10(2)16-4/h9-10H,5-8H2,1-4H3. The highest BCUT2D eigenvalue weighted by molar-refractivity contribution is 5.76. The van der Waals surface area contributed by atoms with Crippen LogP contribution in [-0.2, 0) is 43.8 Å². The number of methoxy groups -OCH3 is 2. The summed E-state index contributed by atoms with van der Waals surface area (Å²) in [5.74, 6) is 0. The first kappa shape index (κ1) is 21.5. The molecule has 0 amide bonds. The van der Waals surface area contributed by atoms with Crippen LogP contribution in [-0.4, -0.2) is 52.0 Å². The van der Waals surface area contributed by atoms with Crippen molar-refractivity contribution in [1.29, 1.82) is 0 Å². The molecule has 0 bridgehead atoms. The van der Waals surface area contributed by atoms with Crippen molar-refractivity contribution >= 4 is 12.3 Å². The van der Waals surface area contributed by atoms with Crippen molar-refractivity contribution in [2.24, 2.45) is 0 Å². The predicted molar refractivity (Wildman–Crippen MR) is 70.3 cm³/mol. The van der Waals surface area contributed by atoms with Crippen LogP contribution in [0.5, 0.6) is 0 Å². The quantitative estimate of drug-likeness (QED) is 0.170. The predicted octanol–water partition coefficient (Wildman–Crippen LogP) is 1.85. The third-order valence-corrected chi connectivity index (χ3v) is 2.49. The number of carbonyl (C=O) groups excluding carboxylic acids is 2. The van der Waals surface area contributed by atoms with Crippen LogP contribution in [0.25, 0.3) is 0 Å². The molecule has 0 rings (SSSR count). The van der Waals surface area contributed by atoms with Gasteiger partial charge in [-0.3, -0.25) is 0 Å². The summed E-state index contributed by atoms with van der Waals surface area (Å²) in [7, 11) is 3.07. The molecule has 2 atom stereocenters. The highest BCUT2D eigenvalue weighted by Gasteiger charge is 2.16. The van der Waals surface area contributed by atoms with E-state index in [9.17, 15) is 9.59 Å². The van der Waals surface area contributed by atoms with Gasteiger partial charge in [-0.2, -0.15) is 19.4 Å². The Balaban J connectivity index is 3.50. The molecule has 0 radical (unpaired) electrons. The fourth-order valence-corrected chi connectivity index (χ4v) is 0.938. The van der Waals surface area contributed by atoms with Gasteiger partial charge in [-0.25, -0.2) is 9.78 Å². The third-order valence-electron chi connectivity index (χ3n) is 2.49. The van der Waals surface area contributed by atoms with E-state index < -0.39 is 12.3 Å². The highest BCUT2D eigenvalue weighted by atomic mass is 17.5. The average molecular weight is 342 g/mol. The molecule has 0 saturated heterocycles. The van der Waals surface area contributed by atoms with Gasteiger partial charge in [-0.05, 0) is 36.8 Å². The van der Waals surface area contributed by atoms with Crippen LogP contribution in [0.15, 0.2) is 0 Å². The van der Waals surface area contributed by atoms with E-state index in [-0.39, 0.29) is 25.4 Å². The molecular formula is C12H22O11. The average Bonchev–Trinajstić information content (AvgIpc) is 2.53. The molecular weight excluding hydrogens is 320 g/mol. The Morgan fingerprint density at radius 1 is 0.783 bits per heavy atom. The van der Waals surface area contributed by atoms with Crippen molar-refractivity contribution < 1.29 is 53.4 Å². The highest BCUT2D eigenvalue weighted by Crippen LogP contribution is 1.99. The lowest BCUT2D eigenvalue weighted by atomic mass is 10.3. The van der Waals surface area contributed by atoms with E-state index in [4.69, 9.17) is 9.47 Å². The normalized spacial score (nSPS) is 13.2. The van der Waals surface area contributed by atoms with Gasteiger partial charge in [-0.1, -0.05) is 0 Å². The maximum absolute atomic E-state index is 10.9. The summed E-state index contributed by atoms with van der Waals surface area (Å²) in [4.78, 5) is 38.8. The number of carbonyl (C=O) groups is 2. The summed E-state index contributed by atoms with van der Waals surface area (Å²) in [5, 5.41) is 8.10. The Labute approximate surface area is 133 Å². The maximum Gasteiger partial charge on any atom is 0.553 e. The molecule has 23 heavy (non-hydrogen) atoms. The molecule has 11 heteroatoms. The molecule has 0 fully saturated rings. The van der Waals surface area contributed by atoms with E-state index in [1.807, 2.05) is 13.8 Å². The van der Waals surface area contributed by atoms with Crippen molar-refractivity contribution in [1.82, 2.24) is 0 Å². The molecule has 0 saturated carbocycles. The second-order valence-electron chi connectivity index (χ2n) is 4.22. The molecule has 0 aliphatic heterocycles. The molecule has 0 aromatic heterocycles. The number of ether oxygens (including phenoxy) is 3. The third kappa shape index (κ3) is 13.9. The minimum absolute atomic E-state index is 0.0513. The van der Waals surface area contributed by atoms with Crippen molar-refractivity contribution in [3.8, 4) is 0 Å². The summed E-state index contributed by atoms with van der Waals surface area (Å²) in [6.07, 6.45) is -2.11. The lowest BCUT2D eigenvalue weighted by molar-refractivity contribution is -0.493. The molecule has 136 valence electrons. The first-order valence-corrected chi connectivity index (χ1v) is 6.73. The van der Waals surface area contributed by atoms with Crippen LogP contribution >= 0.6 is 0 Å². The van der Waals surface area contributed by atoms with Gasteiger partial charge in [-0.15, -0.1) is 0 Å². The smallest absolute Gasteiger partial charge is 0.382 e. The van der Waals surface area contributed by atoms with Crippen molar-refractivity contribution in [2.75, 3.05) is 27.4 Å². The lowest BCUT2D eigenvalue weighted by Crippen LogP contribution is -2.17. The van der Waals surface area contributed by atoms with Crippen LogP contribution in [0.1, 0.15) is 26.7 Å². The Kier molecular flexibility index (Phi) is 13.2. The molecule has 2 unspecified atom stereocenters. The van der Waals surface area contributed by atoms with Gasteiger partial charge >= 0.3 is 12.3 Å². The van der Waals surface area contributed by atoms with Gasteiger partial charge in [0.25, 0.3) is 0 Å². The SMILES string of the molecule is COC(C)CCOOOC(=O)OC(=O)OOOCCC(C)OC. The van der Waals surface area contributed by atoms with Gasteiger partial charge in [0, 0.05) is 14.2 Å². The van der Waals surface area contributed by atoms with E-state index in [0.717, 1.165) is 0 Å². The van der Waals surface area contributed by atoms with E-state index >= 15 is 0 Å². The zero-order valence-corrected chi connectivity index (χ0v) is 13.5. The summed E-state index contributed by atoms with van der Waals surface area (Å²) in [6, 6.07) is 0. The summed E-state index contributed by atoms with van der Waals surface area (Å²) in [6.45, 7) is 3.83. The Morgan fingerprint density at radius 2 is 1.17 bits per heavy atom. The Bertz CT molecular complexity index is 292. The van der Waals surface area contributed by atoms with Gasteiger partial charge < -0.3 is 14.2 Å². The molecule has 0 spiro atoms. The number of hydrogen-bond acceptors (Lipinski definition) is 11. The van der Waals surface area contributed by atoms with Crippen LogP contribution in [0, 0.1) is 0 Å². The largest absolute Gasteiger partial charge is 0.553 e. The van der Waals surface area contributed by atoms with Crippen LogP contribution in [0.4, 0.5) is 9.59 Å². The van der Waals surface area contributed by atoms with Gasteiger partial charge in [0.2, 0.25) is 0 Å². The van der Waals surface area contributed by atoms with E-state index in [1.165, 1.54) is 14.2 Å². The lowest BCUT2D eigenvalue weighted by Gasteiger charge is -2.08. The van der Waals surface area contributed by atoms with Crippen LogP contribution in [0.2, 0.25) is 0 Å². The van der Waals surface area contributed by atoms with Crippen molar-refractivity contribution in [2.45, 2.75) is 38.9 Å². The second-order valence-corrected chi connectivity index (χ2v) is 4.22. The zero-order valence-electron chi connectivity index (χ0n) is 13.5. The van der Waals surface area contributed by atoms with Gasteiger partial charge in [0.1, 0.15) is 0 Å². The molecule has 0 aliphatic carbocycles. The topological polar surface area (TPSA) is 117 Å². The Morgan fingerprint density at radius 3 is 1.52 bits per heavy atom. The van der Waals surface area contributed by atoms with Gasteiger partial charge in [0.15, 0.2) is 0 Å². The summed E-state index contributed by atoms with van der Waals surface area (Å²) < 4.78 is 13.9. The monoisotopic (exact) mass is 342 g/mol. The fraction of sp³-hybridized carbons (Fsp3) is 0.833. The fourth-order valence-electron chi connectivity index (χ4n) is 0.938. The molecule has 0 aromatic carbocycles. The van der Waals surface area contributed by atoms with E-state index in [0.29, 0.717) is 12.8 Å². The minimum Gasteiger partial charge on any atom is -0.382 e. The summed E-state index contributed by atoms with van der Waals surface area (Å²) in [5.41, 5.74) is 0. The minimum atomic E-state index is -1.51. The van der Waals surface area contributed by atoms with Gasteiger partial charge in [0.05, 0.1) is 25.4 Å². The van der Waals surface area contributed by atoms with E-state index in [1.54, 1.807) is 0 Å². The summed E-state index contributed by atoms with van der Waals surface area (Å²) >= 11 is 0. The molecule has 0 aromatic rings. The first-order chi connectivity index (χ1) is 11.0. The molecule has 0 N–H and O–H groups in total. The van der Waals surface area contributed by atoms with Crippen LogP contribution < -0.4 is 0 Å². The maximum atomic E-state index is 10.9. The van der Waals surface area contributed by atoms with Crippen LogP contribution in [0.3, 0.4) is 0 Å². The second kappa shape index (κ2) is 14.1.